The van der Waals surface area contributed by atoms with E-state index in [1.165, 1.54) is 5.57 Å². The Labute approximate surface area is 223 Å². The summed E-state index contributed by atoms with van der Waals surface area (Å²) in [7, 11) is 9.67. The van der Waals surface area contributed by atoms with E-state index in [1.807, 2.05) is 24.3 Å². The number of hydrogen-bond acceptors (Lipinski definition) is 7. The van der Waals surface area contributed by atoms with Crippen molar-refractivity contribution < 1.29 is 28.4 Å². The van der Waals surface area contributed by atoms with Gasteiger partial charge in [0.2, 0.25) is 11.5 Å². The largest absolute Gasteiger partial charge is 0.493 e. The van der Waals surface area contributed by atoms with Crippen LogP contribution in [0.3, 0.4) is 0 Å². The van der Waals surface area contributed by atoms with Crippen LogP contribution in [0.4, 0.5) is 0 Å². The van der Waals surface area contributed by atoms with Crippen molar-refractivity contribution >= 4 is 23.4 Å². The number of nitrogens with one attached hydrogen (secondary N) is 2. The average Bonchev–Trinajstić information content (AvgIpc) is 2.91. The van der Waals surface area contributed by atoms with E-state index < -0.39 is 0 Å². The maximum Gasteiger partial charge on any atom is 0.203 e. The molecule has 2 aromatic carbocycles. The van der Waals surface area contributed by atoms with Crippen molar-refractivity contribution in [2.75, 3.05) is 42.7 Å². The Hall–Kier alpha value is -3.59. The molecule has 9 heteroatoms. The van der Waals surface area contributed by atoms with Gasteiger partial charge in [0.25, 0.3) is 0 Å². The Balaban J connectivity index is 1.85. The molecule has 0 saturated heterocycles. The minimum absolute atomic E-state index is 0.149. The molecule has 8 nitrogen and oxygen atoms in total. The Morgan fingerprint density at radius 2 is 1.27 bits per heavy atom. The zero-order valence-corrected chi connectivity index (χ0v) is 23.1. The first-order chi connectivity index (χ1) is 17.9. The Morgan fingerprint density at radius 1 is 0.757 bits per heavy atom. The average molecular weight is 527 g/mol. The molecular formula is C28H34N2O6S. The van der Waals surface area contributed by atoms with Crippen LogP contribution in [-0.2, 0) is 0 Å². The molecule has 0 unspecified atom stereocenters. The fourth-order valence-corrected chi connectivity index (χ4v) is 5.31. The number of ether oxygens (including phenoxy) is 6. The van der Waals surface area contributed by atoms with Crippen LogP contribution in [0.15, 0.2) is 41.1 Å². The van der Waals surface area contributed by atoms with Crippen molar-refractivity contribution in [2.45, 2.75) is 25.8 Å². The lowest BCUT2D eigenvalue weighted by atomic mass is 9.78. The standard InChI is InChI=1S/C28H34N2O6S/c1-15-8-17(10-16-11-20(31-2)26(35-6)21(12-16)32-3)24-19(9-15)25(30-28(37)29-24)18-13-22(33-4)27(36-7)23(14-18)34-5/h10-15,25H,8-9H2,1-7H3,(H2,29,30,37)/b17-10+/t15-,25+/m1/s1. The van der Waals surface area contributed by atoms with E-state index in [1.54, 1.807) is 42.7 Å². The molecule has 2 N–H and O–H groups in total. The lowest BCUT2D eigenvalue weighted by molar-refractivity contribution is 0.323. The van der Waals surface area contributed by atoms with Gasteiger partial charge in [-0.3, -0.25) is 0 Å². The molecule has 1 heterocycles. The number of allylic oxidation sites excluding steroid dienone is 1. The number of rotatable bonds is 8. The zero-order valence-electron chi connectivity index (χ0n) is 22.3. The Kier molecular flexibility index (Phi) is 8.02. The third kappa shape index (κ3) is 5.13. The lowest BCUT2D eigenvalue weighted by Crippen LogP contribution is -2.45. The van der Waals surface area contributed by atoms with E-state index in [0.717, 1.165) is 35.2 Å². The molecule has 2 aliphatic rings. The predicted octanol–water partition coefficient (Wildman–Crippen LogP) is 5.02. The molecule has 2 aromatic rings. The lowest BCUT2D eigenvalue weighted by Gasteiger charge is -2.38. The Bertz CT molecular complexity index is 1210. The summed E-state index contributed by atoms with van der Waals surface area (Å²) >= 11 is 5.65. The highest BCUT2D eigenvalue weighted by atomic mass is 32.1. The number of hydrogen-bond donors (Lipinski definition) is 2. The summed E-state index contributed by atoms with van der Waals surface area (Å²) in [6, 6.07) is 7.69. The number of thiocarbonyl (C=S) groups is 1. The number of methoxy groups -OCH3 is 6. The minimum Gasteiger partial charge on any atom is -0.493 e. The normalized spacial score (nSPS) is 20.0. The highest BCUT2D eigenvalue weighted by Gasteiger charge is 2.34. The smallest absolute Gasteiger partial charge is 0.203 e. The third-order valence-corrected chi connectivity index (χ3v) is 6.91. The van der Waals surface area contributed by atoms with Crippen LogP contribution >= 0.6 is 12.2 Å². The van der Waals surface area contributed by atoms with Gasteiger partial charge in [0, 0.05) is 5.70 Å². The molecule has 0 amide bonds. The molecule has 0 spiro atoms. The van der Waals surface area contributed by atoms with Gasteiger partial charge in [0.15, 0.2) is 28.1 Å². The van der Waals surface area contributed by atoms with Crippen molar-refractivity contribution in [3.8, 4) is 34.5 Å². The molecule has 2 atom stereocenters. The second-order valence-corrected chi connectivity index (χ2v) is 9.44. The quantitative estimate of drug-likeness (QED) is 0.461. The summed E-state index contributed by atoms with van der Waals surface area (Å²) < 4.78 is 33.4. The van der Waals surface area contributed by atoms with Gasteiger partial charge >= 0.3 is 0 Å². The second kappa shape index (κ2) is 11.2. The fraction of sp³-hybridized carbons (Fsp3) is 0.393. The van der Waals surface area contributed by atoms with Crippen molar-refractivity contribution in [1.82, 2.24) is 10.6 Å². The second-order valence-electron chi connectivity index (χ2n) is 9.03. The summed E-state index contributed by atoms with van der Waals surface area (Å²) in [6.45, 7) is 2.26. The molecule has 198 valence electrons. The van der Waals surface area contributed by atoms with E-state index in [9.17, 15) is 0 Å². The van der Waals surface area contributed by atoms with Gasteiger partial charge in [-0.15, -0.1) is 0 Å². The molecule has 0 saturated carbocycles. The van der Waals surface area contributed by atoms with Crippen LogP contribution in [0, 0.1) is 5.92 Å². The highest BCUT2D eigenvalue weighted by molar-refractivity contribution is 7.80. The van der Waals surface area contributed by atoms with Gasteiger partial charge in [-0.25, -0.2) is 0 Å². The van der Waals surface area contributed by atoms with Crippen LogP contribution in [0.1, 0.15) is 36.9 Å². The molecule has 37 heavy (non-hydrogen) atoms. The minimum atomic E-state index is -0.149. The molecule has 4 rings (SSSR count). The van der Waals surface area contributed by atoms with Crippen molar-refractivity contribution in [2.24, 2.45) is 5.92 Å². The van der Waals surface area contributed by atoms with Gasteiger partial charge in [0.1, 0.15) is 0 Å². The first-order valence-corrected chi connectivity index (χ1v) is 12.4. The van der Waals surface area contributed by atoms with Crippen molar-refractivity contribution in [1.29, 1.82) is 0 Å². The van der Waals surface area contributed by atoms with E-state index >= 15 is 0 Å². The maximum atomic E-state index is 5.65. The highest BCUT2D eigenvalue weighted by Crippen LogP contribution is 2.46. The summed E-state index contributed by atoms with van der Waals surface area (Å²) in [4.78, 5) is 0. The van der Waals surface area contributed by atoms with E-state index in [0.29, 0.717) is 45.5 Å². The molecule has 1 aliphatic heterocycles. The van der Waals surface area contributed by atoms with E-state index in [4.69, 9.17) is 40.6 Å². The van der Waals surface area contributed by atoms with Gasteiger partial charge in [-0.05, 0) is 83.6 Å². The molecule has 1 aliphatic carbocycles. The van der Waals surface area contributed by atoms with Crippen LogP contribution in [-0.4, -0.2) is 47.8 Å². The number of benzene rings is 2. The maximum absolute atomic E-state index is 5.65. The molecule has 0 fully saturated rings. The van der Waals surface area contributed by atoms with Gasteiger partial charge in [-0.2, -0.15) is 0 Å². The van der Waals surface area contributed by atoms with Gasteiger partial charge in [-0.1, -0.05) is 6.92 Å². The van der Waals surface area contributed by atoms with Crippen molar-refractivity contribution in [3.63, 3.8) is 0 Å². The summed E-state index contributed by atoms with van der Waals surface area (Å²) in [5, 5.41) is 7.44. The monoisotopic (exact) mass is 526 g/mol. The molecular weight excluding hydrogens is 492 g/mol. The summed E-state index contributed by atoms with van der Waals surface area (Å²) in [6.07, 6.45) is 3.96. The summed E-state index contributed by atoms with van der Waals surface area (Å²) in [5.41, 5.74) is 5.34. The first kappa shape index (κ1) is 26.5. The third-order valence-electron chi connectivity index (χ3n) is 6.69. The van der Waals surface area contributed by atoms with Crippen molar-refractivity contribution in [3.05, 3.63) is 52.2 Å². The predicted molar refractivity (Wildman–Crippen MR) is 147 cm³/mol. The SMILES string of the molecule is COc1cc(/C=C2\C[C@@H](C)CC3=C2NC(=S)N[C@H]3c2cc(OC)c(OC)c(OC)c2)cc(OC)c1OC. The molecule has 0 radical (unpaired) electrons. The fourth-order valence-electron chi connectivity index (χ4n) is 5.09. The molecule has 0 bridgehead atoms. The summed E-state index contributed by atoms with van der Waals surface area (Å²) in [5.74, 6) is 3.95. The van der Waals surface area contributed by atoms with E-state index in [2.05, 4.69) is 23.6 Å². The first-order valence-electron chi connectivity index (χ1n) is 12.0. The topological polar surface area (TPSA) is 79.4 Å². The van der Waals surface area contributed by atoms with Gasteiger partial charge in [0.05, 0.1) is 48.7 Å². The van der Waals surface area contributed by atoms with Crippen LogP contribution in [0.2, 0.25) is 0 Å². The van der Waals surface area contributed by atoms with Crippen LogP contribution < -0.4 is 39.1 Å². The molecule has 0 aromatic heterocycles. The van der Waals surface area contributed by atoms with Gasteiger partial charge < -0.3 is 39.1 Å². The van der Waals surface area contributed by atoms with Crippen LogP contribution in [0.5, 0.6) is 34.5 Å². The van der Waals surface area contributed by atoms with Crippen LogP contribution in [0.25, 0.3) is 6.08 Å². The zero-order chi connectivity index (χ0) is 26.7. The Morgan fingerprint density at radius 3 is 1.76 bits per heavy atom. The van der Waals surface area contributed by atoms with E-state index in [-0.39, 0.29) is 6.04 Å².